The maximum atomic E-state index is 12.4. The largest absolute Gasteiger partial charge is 0.468 e. The Morgan fingerprint density at radius 3 is 2.37 bits per heavy atom. The van der Waals surface area contributed by atoms with Gasteiger partial charge in [0.05, 0.1) is 0 Å². The quantitative estimate of drug-likeness (QED) is 0.558. The van der Waals surface area contributed by atoms with Crippen LogP contribution in [0.15, 0.2) is 60.7 Å². The molecule has 1 heterocycles. The Morgan fingerprint density at radius 2 is 1.70 bits per heavy atom. The minimum absolute atomic E-state index is 0.0640. The van der Waals surface area contributed by atoms with E-state index in [2.05, 4.69) is 29.2 Å². The van der Waals surface area contributed by atoms with E-state index in [1.165, 1.54) is 5.56 Å². The summed E-state index contributed by atoms with van der Waals surface area (Å²) in [4.78, 5) is 16.7. The Labute approximate surface area is 160 Å². The van der Waals surface area contributed by atoms with Crippen LogP contribution in [0.1, 0.15) is 11.1 Å². The third-order valence-corrected chi connectivity index (χ3v) is 4.57. The molecular formula is C22H26N2O3. The van der Waals surface area contributed by atoms with Crippen LogP contribution in [-0.2, 0) is 16.1 Å². The fourth-order valence-corrected chi connectivity index (χ4v) is 3.04. The minimum atomic E-state index is 0.0640. The van der Waals surface area contributed by atoms with E-state index in [9.17, 15) is 4.79 Å². The molecule has 1 aliphatic heterocycles. The third kappa shape index (κ3) is 5.94. The predicted molar refractivity (Wildman–Crippen MR) is 106 cm³/mol. The van der Waals surface area contributed by atoms with E-state index in [4.69, 9.17) is 9.47 Å². The lowest BCUT2D eigenvalue weighted by Gasteiger charge is -2.34. The average molecular weight is 366 g/mol. The molecule has 0 saturated carbocycles. The highest BCUT2D eigenvalue weighted by molar-refractivity contribution is 5.91. The highest BCUT2D eigenvalue weighted by Gasteiger charge is 2.19. The second-order valence-corrected chi connectivity index (χ2v) is 6.54. The maximum absolute atomic E-state index is 12.4. The van der Waals surface area contributed by atoms with Crippen molar-refractivity contribution in [2.45, 2.75) is 6.54 Å². The summed E-state index contributed by atoms with van der Waals surface area (Å²) in [7, 11) is 1.59. The Morgan fingerprint density at radius 1 is 1.00 bits per heavy atom. The van der Waals surface area contributed by atoms with E-state index >= 15 is 0 Å². The molecular weight excluding hydrogens is 340 g/mol. The van der Waals surface area contributed by atoms with Crippen molar-refractivity contribution in [1.82, 2.24) is 9.80 Å². The second-order valence-electron chi connectivity index (χ2n) is 6.54. The molecule has 1 amide bonds. The zero-order valence-electron chi connectivity index (χ0n) is 15.7. The molecule has 5 heteroatoms. The normalized spacial score (nSPS) is 15.2. The van der Waals surface area contributed by atoms with Crippen molar-refractivity contribution in [1.29, 1.82) is 0 Å². The molecule has 2 aromatic rings. The van der Waals surface area contributed by atoms with E-state index in [0.717, 1.165) is 44.0 Å². The highest BCUT2D eigenvalue weighted by atomic mass is 16.7. The van der Waals surface area contributed by atoms with Crippen molar-refractivity contribution in [3.8, 4) is 5.75 Å². The molecule has 1 aliphatic rings. The van der Waals surface area contributed by atoms with Crippen molar-refractivity contribution in [3.05, 3.63) is 71.8 Å². The van der Waals surface area contributed by atoms with E-state index in [1.54, 1.807) is 13.2 Å². The maximum Gasteiger partial charge on any atom is 0.246 e. The van der Waals surface area contributed by atoms with Crippen LogP contribution in [0, 0.1) is 0 Å². The van der Waals surface area contributed by atoms with E-state index in [0.29, 0.717) is 0 Å². The fraction of sp³-hybridized carbons (Fsp3) is 0.318. The molecule has 0 radical (unpaired) electrons. The van der Waals surface area contributed by atoms with Crippen molar-refractivity contribution in [2.75, 3.05) is 40.1 Å². The van der Waals surface area contributed by atoms with Gasteiger partial charge in [-0.3, -0.25) is 9.69 Å². The fourth-order valence-electron chi connectivity index (χ4n) is 3.04. The molecule has 0 bridgehead atoms. The number of methoxy groups -OCH3 is 1. The van der Waals surface area contributed by atoms with Crippen LogP contribution in [0.5, 0.6) is 5.75 Å². The predicted octanol–water partition coefficient (Wildman–Crippen LogP) is 3.03. The lowest BCUT2D eigenvalue weighted by molar-refractivity contribution is -0.127. The molecule has 3 rings (SSSR count). The van der Waals surface area contributed by atoms with Crippen LogP contribution in [-0.4, -0.2) is 55.8 Å². The summed E-state index contributed by atoms with van der Waals surface area (Å²) in [6.45, 7) is 4.50. The van der Waals surface area contributed by atoms with Crippen molar-refractivity contribution < 1.29 is 14.3 Å². The first kappa shape index (κ1) is 19.1. The zero-order valence-corrected chi connectivity index (χ0v) is 15.7. The minimum Gasteiger partial charge on any atom is -0.468 e. The topological polar surface area (TPSA) is 42.0 Å². The lowest BCUT2D eigenvalue weighted by atomic mass is 10.2. The number of piperazine rings is 1. The monoisotopic (exact) mass is 366 g/mol. The summed E-state index contributed by atoms with van der Waals surface area (Å²) in [5.41, 5.74) is 2.28. The number of carbonyl (C=O) groups is 1. The molecule has 0 aromatic heterocycles. The number of nitrogens with zero attached hydrogens (tertiary/aromatic N) is 2. The smallest absolute Gasteiger partial charge is 0.246 e. The van der Waals surface area contributed by atoms with Gasteiger partial charge in [-0.1, -0.05) is 42.5 Å². The van der Waals surface area contributed by atoms with Crippen LogP contribution in [0.25, 0.3) is 6.08 Å². The Balaban J connectivity index is 1.45. The molecule has 0 unspecified atom stereocenters. The Kier molecular flexibility index (Phi) is 7.02. The molecule has 1 saturated heterocycles. The molecule has 2 aromatic carbocycles. The lowest BCUT2D eigenvalue weighted by Crippen LogP contribution is -2.47. The van der Waals surface area contributed by atoms with Crippen LogP contribution in [0.4, 0.5) is 0 Å². The van der Waals surface area contributed by atoms with Gasteiger partial charge in [0.15, 0.2) is 6.79 Å². The molecule has 0 atom stereocenters. The standard InChI is InChI=1S/C22H26N2O3/c1-26-18-27-21-10-7-19(8-11-21)9-12-22(25)24-15-13-23(14-16-24)17-20-5-3-2-4-6-20/h2-12H,13-18H2,1H3/b12-9+. The van der Waals surface area contributed by atoms with E-state index in [-0.39, 0.29) is 12.7 Å². The van der Waals surface area contributed by atoms with Gasteiger partial charge < -0.3 is 14.4 Å². The molecule has 142 valence electrons. The summed E-state index contributed by atoms with van der Waals surface area (Å²) in [5.74, 6) is 0.809. The summed E-state index contributed by atoms with van der Waals surface area (Å²) in [5, 5.41) is 0. The number of hydrogen-bond donors (Lipinski definition) is 0. The number of benzene rings is 2. The summed E-state index contributed by atoms with van der Waals surface area (Å²) < 4.78 is 10.2. The summed E-state index contributed by atoms with van der Waals surface area (Å²) in [6.07, 6.45) is 3.50. The number of rotatable bonds is 7. The first-order valence-electron chi connectivity index (χ1n) is 9.19. The number of hydrogen-bond acceptors (Lipinski definition) is 4. The molecule has 27 heavy (non-hydrogen) atoms. The van der Waals surface area contributed by atoms with Crippen LogP contribution in [0.3, 0.4) is 0 Å². The van der Waals surface area contributed by atoms with Crippen LogP contribution < -0.4 is 4.74 Å². The highest BCUT2D eigenvalue weighted by Crippen LogP contribution is 2.14. The first-order valence-corrected chi connectivity index (χ1v) is 9.19. The molecule has 0 spiro atoms. The second kappa shape index (κ2) is 9.90. The van der Waals surface area contributed by atoms with E-state index < -0.39 is 0 Å². The SMILES string of the molecule is COCOc1ccc(/C=C/C(=O)N2CCN(Cc3ccccc3)CC2)cc1. The zero-order chi connectivity index (χ0) is 18.9. The van der Waals surface area contributed by atoms with Gasteiger partial charge in [-0.15, -0.1) is 0 Å². The third-order valence-electron chi connectivity index (χ3n) is 4.57. The average Bonchev–Trinajstić information content (AvgIpc) is 2.72. The van der Waals surface area contributed by atoms with Crippen LogP contribution in [0.2, 0.25) is 0 Å². The Bertz CT molecular complexity index is 736. The van der Waals surface area contributed by atoms with Gasteiger partial charge in [-0.25, -0.2) is 0 Å². The van der Waals surface area contributed by atoms with Crippen molar-refractivity contribution in [3.63, 3.8) is 0 Å². The number of amides is 1. The van der Waals surface area contributed by atoms with Crippen LogP contribution >= 0.6 is 0 Å². The van der Waals surface area contributed by atoms with Gasteiger partial charge in [0.1, 0.15) is 5.75 Å². The van der Waals surface area contributed by atoms with Crippen molar-refractivity contribution in [2.24, 2.45) is 0 Å². The molecule has 0 N–H and O–H groups in total. The van der Waals surface area contributed by atoms with Gasteiger partial charge in [0.25, 0.3) is 0 Å². The number of carbonyl (C=O) groups excluding carboxylic acids is 1. The number of ether oxygens (including phenoxy) is 2. The van der Waals surface area contributed by atoms with Gasteiger partial charge in [-0.05, 0) is 29.3 Å². The van der Waals surface area contributed by atoms with Gasteiger partial charge in [0.2, 0.25) is 5.91 Å². The van der Waals surface area contributed by atoms with Gasteiger partial charge >= 0.3 is 0 Å². The van der Waals surface area contributed by atoms with Crippen molar-refractivity contribution >= 4 is 12.0 Å². The van der Waals surface area contributed by atoms with E-state index in [1.807, 2.05) is 41.3 Å². The first-order chi connectivity index (χ1) is 13.2. The molecule has 1 fully saturated rings. The van der Waals surface area contributed by atoms with Gasteiger partial charge in [-0.2, -0.15) is 0 Å². The Hall–Kier alpha value is -2.63. The molecule has 5 nitrogen and oxygen atoms in total. The molecule has 0 aliphatic carbocycles. The van der Waals surface area contributed by atoms with Gasteiger partial charge in [0, 0.05) is 45.9 Å². The summed E-state index contributed by atoms with van der Waals surface area (Å²) >= 11 is 0. The summed E-state index contributed by atoms with van der Waals surface area (Å²) in [6, 6.07) is 18.0.